The summed E-state index contributed by atoms with van der Waals surface area (Å²) in [7, 11) is 0. The molecular formula is C36H37ClN6O2. The Morgan fingerprint density at radius 1 is 0.889 bits per heavy atom. The van der Waals surface area contributed by atoms with Gasteiger partial charge in [-0.2, -0.15) is 0 Å². The lowest BCUT2D eigenvalue weighted by Crippen LogP contribution is -2.46. The van der Waals surface area contributed by atoms with Gasteiger partial charge in [0, 0.05) is 63.3 Å². The molecule has 1 aliphatic heterocycles. The number of benzene rings is 2. The first-order chi connectivity index (χ1) is 22.0. The van der Waals surface area contributed by atoms with Gasteiger partial charge in [-0.15, -0.1) is 0 Å². The summed E-state index contributed by atoms with van der Waals surface area (Å²) < 4.78 is 5.49. The molecule has 4 heterocycles. The molecule has 3 aromatic heterocycles. The van der Waals surface area contributed by atoms with Crippen molar-refractivity contribution in [1.29, 1.82) is 0 Å². The number of rotatable bonds is 11. The summed E-state index contributed by atoms with van der Waals surface area (Å²) in [4.78, 5) is 27.3. The van der Waals surface area contributed by atoms with Gasteiger partial charge in [-0.3, -0.25) is 19.7 Å². The van der Waals surface area contributed by atoms with E-state index in [9.17, 15) is 4.79 Å². The number of nitrogens with zero attached hydrogens (tertiary/aromatic N) is 5. The van der Waals surface area contributed by atoms with Crippen LogP contribution in [0.15, 0.2) is 102 Å². The van der Waals surface area contributed by atoms with Crippen molar-refractivity contribution in [3.05, 3.63) is 136 Å². The van der Waals surface area contributed by atoms with E-state index >= 15 is 0 Å². The lowest BCUT2D eigenvalue weighted by molar-refractivity contribution is 0.0591. The summed E-state index contributed by atoms with van der Waals surface area (Å²) in [6.07, 6.45) is 5.38. The Kier molecular flexibility index (Phi) is 9.95. The van der Waals surface area contributed by atoms with Crippen molar-refractivity contribution in [3.63, 3.8) is 0 Å². The highest BCUT2D eigenvalue weighted by molar-refractivity contribution is 6.33. The van der Waals surface area contributed by atoms with Crippen LogP contribution in [-0.4, -0.2) is 50.0 Å². The van der Waals surface area contributed by atoms with Crippen LogP contribution in [0.2, 0.25) is 5.02 Å². The highest BCUT2D eigenvalue weighted by atomic mass is 35.5. The van der Waals surface area contributed by atoms with Crippen LogP contribution in [-0.2, 0) is 26.2 Å². The number of carbonyl (C=O) groups is 1. The number of hydrogen-bond acceptors (Lipinski definition) is 7. The van der Waals surface area contributed by atoms with Gasteiger partial charge in [0.15, 0.2) is 0 Å². The highest BCUT2D eigenvalue weighted by Crippen LogP contribution is 2.32. The second-order valence-corrected chi connectivity index (χ2v) is 11.8. The van der Waals surface area contributed by atoms with E-state index in [1.54, 1.807) is 13.0 Å². The van der Waals surface area contributed by atoms with Crippen LogP contribution in [0.4, 0.5) is 0 Å². The van der Waals surface area contributed by atoms with Crippen LogP contribution < -0.4 is 5.32 Å². The third kappa shape index (κ3) is 7.65. The molecule has 1 saturated heterocycles. The molecule has 230 valence electrons. The first kappa shape index (κ1) is 30.6. The molecule has 1 fully saturated rings. The molecular weight excluding hydrogens is 584 g/mol. The molecule has 1 amide bonds. The maximum absolute atomic E-state index is 13.8. The molecule has 1 aliphatic rings. The van der Waals surface area contributed by atoms with Crippen LogP contribution in [0.1, 0.15) is 51.5 Å². The zero-order valence-corrected chi connectivity index (χ0v) is 26.2. The second-order valence-electron chi connectivity index (χ2n) is 11.4. The van der Waals surface area contributed by atoms with Gasteiger partial charge in [-0.1, -0.05) is 71.4 Å². The number of hydrogen-bond donors (Lipinski definition) is 1. The first-order valence-electron chi connectivity index (χ1n) is 15.4. The third-order valence-corrected chi connectivity index (χ3v) is 8.63. The van der Waals surface area contributed by atoms with Crippen molar-refractivity contribution in [3.8, 4) is 11.3 Å². The molecule has 0 saturated carbocycles. The minimum absolute atomic E-state index is 0.0655. The molecule has 9 heteroatoms. The van der Waals surface area contributed by atoms with Gasteiger partial charge < -0.3 is 14.7 Å². The number of aryl methyl sites for hydroxylation is 1. The maximum Gasteiger partial charge on any atom is 0.259 e. The van der Waals surface area contributed by atoms with Crippen LogP contribution in [0.25, 0.3) is 11.3 Å². The van der Waals surface area contributed by atoms with Gasteiger partial charge in [0.25, 0.3) is 5.91 Å². The van der Waals surface area contributed by atoms with Crippen LogP contribution in [0.3, 0.4) is 0 Å². The van der Waals surface area contributed by atoms with E-state index in [0.29, 0.717) is 46.7 Å². The SMILES string of the molecule is Cc1onc(-c2ccccc2Cl)c1C(=O)N1CCC(N(Cc2cccc(CNCc3ccccn3)c2)Cc2ccccn2)CC1. The molecule has 6 rings (SSSR count). The van der Waals surface area contributed by atoms with Crippen molar-refractivity contribution in [2.24, 2.45) is 0 Å². The van der Waals surface area contributed by atoms with Gasteiger partial charge in [0.1, 0.15) is 17.0 Å². The van der Waals surface area contributed by atoms with Gasteiger partial charge in [-0.25, -0.2) is 0 Å². The van der Waals surface area contributed by atoms with Gasteiger partial charge in [-0.05, 0) is 61.2 Å². The van der Waals surface area contributed by atoms with Crippen LogP contribution in [0.5, 0.6) is 0 Å². The molecule has 0 radical (unpaired) electrons. The summed E-state index contributed by atoms with van der Waals surface area (Å²) in [5, 5.41) is 8.26. The monoisotopic (exact) mass is 620 g/mol. The molecule has 0 bridgehead atoms. The van der Waals surface area contributed by atoms with Crippen LogP contribution in [0, 0.1) is 6.92 Å². The van der Waals surface area contributed by atoms with Crippen molar-refractivity contribution in [1.82, 2.24) is 30.2 Å². The molecule has 0 atom stereocenters. The molecule has 0 aliphatic carbocycles. The predicted molar refractivity (Wildman–Crippen MR) is 175 cm³/mol. The Bertz CT molecular complexity index is 1700. The van der Waals surface area contributed by atoms with E-state index in [0.717, 1.165) is 50.4 Å². The van der Waals surface area contributed by atoms with Crippen LogP contribution >= 0.6 is 11.6 Å². The maximum atomic E-state index is 13.8. The smallest absolute Gasteiger partial charge is 0.259 e. The zero-order chi connectivity index (χ0) is 31.0. The number of likely N-dealkylation sites (tertiary alicyclic amines) is 1. The topological polar surface area (TPSA) is 87.4 Å². The summed E-state index contributed by atoms with van der Waals surface area (Å²) in [5.74, 6) is 0.438. The lowest BCUT2D eigenvalue weighted by atomic mass is 9.99. The predicted octanol–water partition coefficient (Wildman–Crippen LogP) is 6.69. The average Bonchev–Trinajstić information content (AvgIpc) is 3.46. The van der Waals surface area contributed by atoms with Crippen molar-refractivity contribution >= 4 is 17.5 Å². The Hall–Kier alpha value is -4.37. The largest absolute Gasteiger partial charge is 0.360 e. The quantitative estimate of drug-likeness (QED) is 0.176. The molecule has 0 spiro atoms. The number of piperidine rings is 1. The normalized spacial score (nSPS) is 13.8. The number of amides is 1. The number of aromatic nitrogens is 3. The van der Waals surface area contributed by atoms with Crippen molar-refractivity contribution in [2.75, 3.05) is 13.1 Å². The van der Waals surface area contributed by atoms with E-state index in [1.807, 2.05) is 65.8 Å². The van der Waals surface area contributed by atoms with E-state index in [2.05, 4.69) is 55.7 Å². The number of carbonyl (C=O) groups excluding carboxylic acids is 1. The lowest BCUT2D eigenvalue weighted by Gasteiger charge is -2.38. The first-order valence-corrected chi connectivity index (χ1v) is 15.8. The standard InChI is InChI=1S/C36H37ClN6O2/c1-26-34(35(41-45-26)32-13-2-3-14-33(32)37)36(44)42-19-15-31(16-20-42)43(25-30-12-5-7-18-40-30)24-28-10-8-9-27(21-28)22-38-23-29-11-4-6-17-39-29/h2-14,17-18,21,31,38H,15-16,19-20,22-25H2,1H3. The fourth-order valence-electron chi connectivity index (χ4n) is 5.98. The van der Waals surface area contributed by atoms with E-state index in [1.165, 1.54) is 11.1 Å². The summed E-state index contributed by atoms with van der Waals surface area (Å²) in [5.41, 5.74) is 6.24. The molecule has 1 N–H and O–H groups in total. The molecule has 2 aromatic carbocycles. The Morgan fingerprint density at radius 2 is 1.60 bits per heavy atom. The van der Waals surface area contributed by atoms with Gasteiger partial charge >= 0.3 is 0 Å². The Balaban J connectivity index is 1.13. The molecule has 5 aromatic rings. The number of halogens is 1. The summed E-state index contributed by atoms with van der Waals surface area (Å²) in [6, 6.07) is 28.5. The highest BCUT2D eigenvalue weighted by Gasteiger charge is 2.32. The Labute approximate surface area is 269 Å². The third-order valence-electron chi connectivity index (χ3n) is 8.30. The molecule has 45 heavy (non-hydrogen) atoms. The fourth-order valence-corrected chi connectivity index (χ4v) is 6.20. The second kappa shape index (κ2) is 14.6. The average molecular weight is 621 g/mol. The fraction of sp³-hybridized carbons (Fsp3) is 0.278. The summed E-state index contributed by atoms with van der Waals surface area (Å²) in [6.45, 7) is 6.10. The minimum Gasteiger partial charge on any atom is -0.360 e. The minimum atomic E-state index is -0.0655. The van der Waals surface area contributed by atoms with E-state index in [4.69, 9.17) is 16.1 Å². The van der Waals surface area contributed by atoms with Crippen molar-refractivity contribution in [2.45, 2.75) is 52.0 Å². The van der Waals surface area contributed by atoms with Crippen molar-refractivity contribution < 1.29 is 9.32 Å². The number of pyridine rings is 2. The molecule has 0 unspecified atom stereocenters. The van der Waals surface area contributed by atoms with E-state index < -0.39 is 0 Å². The van der Waals surface area contributed by atoms with E-state index in [-0.39, 0.29) is 5.91 Å². The zero-order valence-electron chi connectivity index (χ0n) is 25.4. The van der Waals surface area contributed by atoms with Gasteiger partial charge in [0.2, 0.25) is 0 Å². The number of nitrogens with one attached hydrogen (secondary N) is 1. The van der Waals surface area contributed by atoms with Gasteiger partial charge in [0.05, 0.1) is 16.4 Å². The molecule has 8 nitrogen and oxygen atoms in total. The summed E-state index contributed by atoms with van der Waals surface area (Å²) >= 11 is 6.45. The Morgan fingerprint density at radius 3 is 2.33 bits per heavy atom.